The Kier molecular flexibility index (Phi) is 4.76. The number of piperidine rings is 1. The highest BCUT2D eigenvalue weighted by Crippen LogP contribution is 2.29. The second-order valence-electron chi connectivity index (χ2n) is 6.95. The monoisotopic (exact) mass is 326 g/mol. The van der Waals surface area contributed by atoms with E-state index < -0.39 is 5.60 Å². The molecule has 4 heteroatoms. The predicted octanol–water partition coefficient (Wildman–Crippen LogP) is 2.66. The standard InChI is InChI=1S/C20H26N2O2/c1-16-6-3-4-7-17(16)9-10-20(24)11-14-22(15-12-20)18-8-5-13-21(2)19(18)23/h3-8,13,24H,9-12,14-15H2,1-2H3. The second-order valence-corrected chi connectivity index (χ2v) is 6.95. The molecule has 2 aromatic rings. The number of aryl methyl sites for hydroxylation is 3. The molecule has 2 heterocycles. The van der Waals surface area contributed by atoms with Crippen LogP contribution in [-0.2, 0) is 13.5 Å². The summed E-state index contributed by atoms with van der Waals surface area (Å²) in [4.78, 5) is 14.3. The lowest BCUT2D eigenvalue weighted by atomic mass is 9.85. The minimum absolute atomic E-state index is 0.0304. The Labute approximate surface area is 143 Å². The van der Waals surface area contributed by atoms with Gasteiger partial charge >= 0.3 is 0 Å². The van der Waals surface area contributed by atoms with Crippen LogP contribution in [0.5, 0.6) is 0 Å². The Morgan fingerprint density at radius 1 is 1.12 bits per heavy atom. The van der Waals surface area contributed by atoms with Gasteiger partial charge in [0.2, 0.25) is 0 Å². The maximum Gasteiger partial charge on any atom is 0.273 e. The number of pyridine rings is 1. The summed E-state index contributed by atoms with van der Waals surface area (Å²) >= 11 is 0. The van der Waals surface area contributed by atoms with Gasteiger partial charge in [-0.25, -0.2) is 0 Å². The molecule has 0 amide bonds. The molecule has 0 atom stereocenters. The molecule has 24 heavy (non-hydrogen) atoms. The molecule has 1 fully saturated rings. The molecule has 0 bridgehead atoms. The first kappa shape index (κ1) is 16.8. The van der Waals surface area contributed by atoms with Crippen molar-refractivity contribution in [1.29, 1.82) is 0 Å². The fourth-order valence-electron chi connectivity index (χ4n) is 3.50. The summed E-state index contributed by atoms with van der Waals surface area (Å²) in [6.07, 6.45) is 4.86. The van der Waals surface area contributed by atoms with E-state index in [4.69, 9.17) is 0 Å². The van der Waals surface area contributed by atoms with Gasteiger partial charge in [0, 0.05) is 26.3 Å². The van der Waals surface area contributed by atoms with Crippen molar-refractivity contribution in [3.05, 3.63) is 64.1 Å². The van der Waals surface area contributed by atoms with Crippen LogP contribution in [0.2, 0.25) is 0 Å². The molecule has 3 rings (SSSR count). The van der Waals surface area contributed by atoms with Crippen molar-refractivity contribution >= 4 is 5.69 Å². The van der Waals surface area contributed by atoms with E-state index in [0.29, 0.717) is 12.8 Å². The Balaban J connectivity index is 1.62. The third kappa shape index (κ3) is 3.54. The van der Waals surface area contributed by atoms with Crippen molar-refractivity contribution in [2.75, 3.05) is 18.0 Å². The minimum atomic E-state index is -0.626. The van der Waals surface area contributed by atoms with E-state index >= 15 is 0 Å². The third-order valence-corrected chi connectivity index (χ3v) is 5.26. The average molecular weight is 326 g/mol. The van der Waals surface area contributed by atoms with Crippen LogP contribution in [-0.4, -0.2) is 28.4 Å². The second kappa shape index (κ2) is 6.81. The Morgan fingerprint density at radius 2 is 1.83 bits per heavy atom. The summed E-state index contributed by atoms with van der Waals surface area (Å²) in [5.41, 5.74) is 2.74. The largest absolute Gasteiger partial charge is 0.390 e. The molecule has 1 aliphatic heterocycles. The van der Waals surface area contributed by atoms with Crippen LogP contribution in [0, 0.1) is 6.92 Å². The molecule has 1 N–H and O–H groups in total. The van der Waals surface area contributed by atoms with E-state index in [2.05, 4.69) is 30.0 Å². The van der Waals surface area contributed by atoms with Crippen LogP contribution in [0.4, 0.5) is 5.69 Å². The van der Waals surface area contributed by atoms with E-state index in [9.17, 15) is 9.90 Å². The number of rotatable bonds is 4. The molecule has 0 spiro atoms. The summed E-state index contributed by atoms with van der Waals surface area (Å²) in [5.74, 6) is 0. The van der Waals surface area contributed by atoms with Gasteiger partial charge in [-0.2, -0.15) is 0 Å². The molecule has 0 aliphatic carbocycles. The molecule has 0 saturated carbocycles. The number of aliphatic hydroxyl groups is 1. The van der Waals surface area contributed by atoms with Crippen LogP contribution in [0.15, 0.2) is 47.4 Å². The Hall–Kier alpha value is -2.07. The number of nitrogens with zero attached hydrogens (tertiary/aromatic N) is 2. The lowest BCUT2D eigenvalue weighted by Crippen LogP contribution is -2.46. The number of aromatic nitrogens is 1. The normalized spacial score (nSPS) is 17.0. The van der Waals surface area contributed by atoms with Crippen molar-refractivity contribution < 1.29 is 5.11 Å². The van der Waals surface area contributed by atoms with E-state index in [0.717, 1.165) is 31.6 Å². The van der Waals surface area contributed by atoms with E-state index in [-0.39, 0.29) is 5.56 Å². The maximum atomic E-state index is 12.2. The highest BCUT2D eigenvalue weighted by atomic mass is 16.3. The first-order valence-electron chi connectivity index (χ1n) is 8.66. The molecule has 0 unspecified atom stereocenters. The van der Waals surface area contributed by atoms with Crippen molar-refractivity contribution in [3.63, 3.8) is 0 Å². The number of hydrogen-bond donors (Lipinski definition) is 1. The molecule has 128 valence electrons. The van der Waals surface area contributed by atoms with Gasteiger partial charge in [0.15, 0.2) is 0 Å². The van der Waals surface area contributed by atoms with Crippen molar-refractivity contribution in [2.45, 2.75) is 38.2 Å². The third-order valence-electron chi connectivity index (χ3n) is 5.26. The van der Waals surface area contributed by atoms with Crippen LogP contribution >= 0.6 is 0 Å². The predicted molar refractivity (Wildman–Crippen MR) is 97.6 cm³/mol. The first-order chi connectivity index (χ1) is 11.5. The number of benzene rings is 1. The summed E-state index contributed by atoms with van der Waals surface area (Å²) in [6, 6.07) is 12.1. The van der Waals surface area contributed by atoms with E-state index in [1.54, 1.807) is 17.8 Å². The fourth-order valence-corrected chi connectivity index (χ4v) is 3.50. The van der Waals surface area contributed by atoms with Crippen molar-refractivity contribution in [2.24, 2.45) is 7.05 Å². The SMILES string of the molecule is Cc1ccccc1CCC1(O)CCN(c2cccn(C)c2=O)CC1. The smallest absolute Gasteiger partial charge is 0.273 e. The number of anilines is 1. The van der Waals surface area contributed by atoms with Gasteiger partial charge in [-0.05, 0) is 55.9 Å². The van der Waals surface area contributed by atoms with Crippen LogP contribution in [0.3, 0.4) is 0 Å². The van der Waals surface area contributed by atoms with Gasteiger partial charge < -0.3 is 14.6 Å². The average Bonchev–Trinajstić information content (AvgIpc) is 2.58. The molecule has 0 radical (unpaired) electrons. The topological polar surface area (TPSA) is 45.5 Å². The number of hydrogen-bond acceptors (Lipinski definition) is 3. The maximum absolute atomic E-state index is 12.2. The Morgan fingerprint density at radius 3 is 2.54 bits per heavy atom. The zero-order valence-electron chi connectivity index (χ0n) is 14.5. The highest BCUT2D eigenvalue weighted by Gasteiger charge is 2.32. The molecular formula is C20H26N2O2. The van der Waals surface area contributed by atoms with Crippen molar-refractivity contribution in [3.8, 4) is 0 Å². The zero-order chi connectivity index (χ0) is 17.2. The highest BCUT2D eigenvalue weighted by molar-refractivity contribution is 5.44. The van der Waals surface area contributed by atoms with Crippen LogP contribution in [0.25, 0.3) is 0 Å². The first-order valence-corrected chi connectivity index (χ1v) is 8.66. The molecular weight excluding hydrogens is 300 g/mol. The summed E-state index contributed by atoms with van der Waals surface area (Å²) in [5, 5.41) is 10.9. The van der Waals surface area contributed by atoms with E-state index in [1.807, 2.05) is 18.2 Å². The van der Waals surface area contributed by atoms with Gasteiger partial charge in [-0.1, -0.05) is 24.3 Å². The quantitative estimate of drug-likeness (QED) is 0.939. The molecule has 1 aromatic carbocycles. The Bertz CT molecular complexity index is 758. The van der Waals surface area contributed by atoms with Crippen molar-refractivity contribution in [1.82, 2.24) is 4.57 Å². The summed E-state index contributed by atoms with van der Waals surface area (Å²) in [6.45, 7) is 3.57. The van der Waals surface area contributed by atoms with Gasteiger partial charge in [0.1, 0.15) is 5.69 Å². The van der Waals surface area contributed by atoms with Crippen LogP contribution in [0.1, 0.15) is 30.4 Å². The lowest BCUT2D eigenvalue weighted by Gasteiger charge is -2.39. The fraction of sp³-hybridized carbons (Fsp3) is 0.450. The van der Waals surface area contributed by atoms with Gasteiger partial charge in [0.25, 0.3) is 5.56 Å². The van der Waals surface area contributed by atoms with Gasteiger partial charge in [0.05, 0.1) is 5.60 Å². The molecule has 4 nitrogen and oxygen atoms in total. The van der Waals surface area contributed by atoms with Gasteiger partial charge in [-0.15, -0.1) is 0 Å². The molecule has 1 aliphatic rings. The van der Waals surface area contributed by atoms with Gasteiger partial charge in [-0.3, -0.25) is 4.79 Å². The lowest BCUT2D eigenvalue weighted by molar-refractivity contribution is 0.00823. The minimum Gasteiger partial charge on any atom is -0.390 e. The molecule has 1 aromatic heterocycles. The molecule has 1 saturated heterocycles. The summed E-state index contributed by atoms with van der Waals surface area (Å²) in [7, 11) is 1.77. The van der Waals surface area contributed by atoms with Crippen LogP contribution < -0.4 is 10.5 Å². The summed E-state index contributed by atoms with van der Waals surface area (Å²) < 4.78 is 1.61. The van der Waals surface area contributed by atoms with E-state index in [1.165, 1.54) is 11.1 Å². The zero-order valence-corrected chi connectivity index (χ0v) is 14.5.